The number of fused-ring (bicyclic) bond motifs is 2. The van der Waals surface area contributed by atoms with Gasteiger partial charge in [0, 0.05) is 12.2 Å². The molecule has 7 nitrogen and oxygen atoms in total. The maximum absolute atomic E-state index is 12.7. The van der Waals surface area contributed by atoms with Crippen molar-refractivity contribution in [3.05, 3.63) is 47.3 Å². The first-order valence-corrected chi connectivity index (χ1v) is 9.75. The van der Waals surface area contributed by atoms with E-state index in [1.807, 2.05) is 22.9 Å². The van der Waals surface area contributed by atoms with Crippen LogP contribution in [-0.4, -0.2) is 47.0 Å². The number of anilines is 1. The Balaban J connectivity index is 1.27. The topological polar surface area (TPSA) is 80.2 Å². The van der Waals surface area contributed by atoms with Crippen LogP contribution in [0.3, 0.4) is 0 Å². The molecule has 1 unspecified atom stereocenters. The van der Waals surface area contributed by atoms with Gasteiger partial charge in [-0.15, -0.1) is 0 Å². The molecule has 142 valence electrons. The molecule has 0 radical (unpaired) electrons. The number of hydrogen-bond acceptors (Lipinski definition) is 5. The summed E-state index contributed by atoms with van der Waals surface area (Å²) >= 11 is 0. The monoisotopic (exact) mass is 367 g/mol. The molecule has 4 heterocycles. The van der Waals surface area contributed by atoms with Crippen LogP contribution in [-0.2, 0) is 24.3 Å². The van der Waals surface area contributed by atoms with Gasteiger partial charge in [0.05, 0.1) is 30.5 Å². The minimum atomic E-state index is -0.130. The van der Waals surface area contributed by atoms with E-state index < -0.39 is 0 Å². The molecule has 1 fully saturated rings. The standard InChI is InChI=1S/C20H25N5O2/c26-19(23-15-9-14-3-1-2-4-17(14)22-11-15)18-10-16-12-27-20(13-25(16)24-18)5-7-21-8-6-20/h1-4,10,15,21-22H,5-9,11-13H2,(H,23,26). The number of piperidine rings is 1. The van der Waals surface area contributed by atoms with Crippen molar-refractivity contribution in [1.82, 2.24) is 20.4 Å². The lowest BCUT2D eigenvalue weighted by Gasteiger charge is -2.40. The van der Waals surface area contributed by atoms with E-state index in [-0.39, 0.29) is 17.6 Å². The van der Waals surface area contributed by atoms with E-state index in [2.05, 4.69) is 33.2 Å². The molecule has 27 heavy (non-hydrogen) atoms. The number of amides is 1. The predicted octanol–water partition coefficient (Wildman–Crippen LogP) is 1.30. The van der Waals surface area contributed by atoms with Gasteiger partial charge in [0.15, 0.2) is 5.69 Å². The number of nitrogens with zero attached hydrogens (tertiary/aromatic N) is 2. The number of hydrogen-bond donors (Lipinski definition) is 3. The van der Waals surface area contributed by atoms with Gasteiger partial charge in [0.1, 0.15) is 0 Å². The Morgan fingerprint density at radius 1 is 1.30 bits per heavy atom. The minimum absolute atomic E-state index is 0.0677. The van der Waals surface area contributed by atoms with Gasteiger partial charge in [-0.25, -0.2) is 0 Å². The van der Waals surface area contributed by atoms with Gasteiger partial charge >= 0.3 is 0 Å². The van der Waals surface area contributed by atoms with Crippen molar-refractivity contribution in [2.75, 3.05) is 25.0 Å². The van der Waals surface area contributed by atoms with E-state index in [4.69, 9.17) is 4.74 Å². The van der Waals surface area contributed by atoms with E-state index in [1.54, 1.807) is 0 Å². The lowest BCUT2D eigenvalue weighted by atomic mass is 9.91. The molecule has 5 rings (SSSR count). The molecule has 7 heteroatoms. The lowest BCUT2D eigenvalue weighted by Crippen LogP contribution is -2.49. The molecule has 0 aliphatic carbocycles. The first-order chi connectivity index (χ1) is 13.2. The molecule has 1 saturated heterocycles. The summed E-state index contributed by atoms with van der Waals surface area (Å²) in [6.07, 6.45) is 2.81. The van der Waals surface area contributed by atoms with Crippen LogP contribution < -0.4 is 16.0 Å². The second-order valence-corrected chi connectivity index (χ2v) is 7.81. The Morgan fingerprint density at radius 3 is 3.04 bits per heavy atom. The number of carbonyl (C=O) groups is 1. The minimum Gasteiger partial charge on any atom is -0.383 e. The fourth-order valence-electron chi connectivity index (χ4n) is 4.35. The van der Waals surface area contributed by atoms with E-state index in [0.717, 1.165) is 56.8 Å². The van der Waals surface area contributed by atoms with Crippen molar-refractivity contribution in [2.45, 2.75) is 44.1 Å². The largest absolute Gasteiger partial charge is 0.383 e. The normalized spacial score (nSPS) is 23.2. The average molecular weight is 367 g/mol. The Morgan fingerprint density at radius 2 is 2.15 bits per heavy atom. The van der Waals surface area contributed by atoms with Crippen LogP contribution in [0, 0.1) is 0 Å². The van der Waals surface area contributed by atoms with Crippen molar-refractivity contribution in [3.8, 4) is 0 Å². The van der Waals surface area contributed by atoms with Crippen molar-refractivity contribution in [1.29, 1.82) is 0 Å². The van der Waals surface area contributed by atoms with E-state index in [1.165, 1.54) is 5.56 Å². The fourth-order valence-corrected chi connectivity index (χ4v) is 4.35. The first kappa shape index (κ1) is 16.8. The number of benzene rings is 1. The lowest BCUT2D eigenvalue weighted by molar-refractivity contribution is -0.109. The number of aromatic nitrogens is 2. The molecule has 3 aliphatic rings. The number of nitrogens with one attached hydrogen (secondary N) is 3. The maximum Gasteiger partial charge on any atom is 0.272 e. The number of rotatable bonds is 2. The number of carbonyl (C=O) groups excluding carboxylic acids is 1. The Labute approximate surface area is 158 Å². The molecule has 1 amide bonds. The molecule has 3 N–H and O–H groups in total. The highest BCUT2D eigenvalue weighted by Crippen LogP contribution is 2.31. The summed E-state index contributed by atoms with van der Waals surface area (Å²) in [5.41, 5.74) is 3.73. The van der Waals surface area contributed by atoms with Gasteiger partial charge in [-0.1, -0.05) is 18.2 Å². The molecule has 0 bridgehead atoms. The van der Waals surface area contributed by atoms with Gasteiger partial charge < -0.3 is 20.7 Å². The van der Waals surface area contributed by atoms with E-state index in [0.29, 0.717) is 12.3 Å². The van der Waals surface area contributed by atoms with E-state index in [9.17, 15) is 4.79 Å². The summed E-state index contributed by atoms with van der Waals surface area (Å²) in [6.45, 7) is 3.93. The molecular weight excluding hydrogens is 342 g/mol. The molecular formula is C20H25N5O2. The predicted molar refractivity (Wildman–Crippen MR) is 102 cm³/mol. The zero-order valence-electron chi connectivity index (χ0n) is 15.3. The number of para-hydroxylation sites is 1. The van der Waals surface area contributed by atoms with Crippen molar-refractivity contribution < 1.29 is 9.53 Å². The highest BCUT2D eigenvalue weighted by Gasteiger charge is 2.38. The second kappa shape index (κ2) is 6.65. The summed E-state index contributed by atoms with van der Waals surface area (Å²) in [4.78, 5) is 12.7. The van der Waals surface area contributed by atoms with Crippen LogP contribution in [0.4, 0.5) is 5.69 Å². The van der Waals surface area contributed by atoms with Crippen LogP contribution in [0.1, 0.15) is 34.6 Å². The summed E-state index contributed by atoms with van der Waals surface area (Å²) in [6, 6.07) is 10.2. The second-order valence-electron chi connectivity index (χ2n) is 7.81. The van der Waals surface area contributed by atoms with Crippen LogP contribution in [0.25, 0.3) is 0 Å². The summed E-state index contributed by atoms with van der Waals surface area (Å²) < 4.78 is 8.14. The summed E-state index contributed by atoms with van der Waals surface area (Å²) in [7, 11) is 0. The molecule has 0 saturated carbocycles. The van der Waals surface area contributed by atoms with Gasteiger partial charge in [0.25, 0.3) is 5.91 Å². The molecule has 1 atom stereocenters. The molecule has 1 spiro atoms. The molecule has 1 aromatic heterocycles. The molecule has 3 aliphatic heterocycles. The van der Waals surface area contributed by atoms with Crippen LogP contribution in [0.5, 0.6) is 0 Å². The quantitative estimate of drug-likeness (QED) is 0.746. The third-order valence-electron chi connectivity index (χ3n) is 5.93. The Kier molecular flexibility index (Phi) is 4.13. The molecule has 1 aromatic carbocycles. The van der Waals surface area contributed by atoms with Crippen molar-refractivity contribution in [2.24, 2.45) is 0 Å². The average Bonchev–Trinajstić information content (AvgIpc) is 3.11. The van der Waals surface area contributed by atoms with Crippen LogP contribution in [0.15, 0.2) is 30.3 Å². The van der Waals surface area contributed by atoms with Gasteiger partial charge in [-0.3, -0.25) is 9.48 Å². The molecule has 2 aromatic rings. The first-order valence-electron chi connectivity index (χ1n) is 9.75. The SMILES string of the molecule is O=C(NC1CNc2ccccc2C1)c1cc2n(n1)CC1(CCNCC1)OC2. The van der Waals surface area contributed by atoms with Gasteiger partial charge in [-0.05, 0) is 50.0 Å². The fraction of sp³-hybridized carbons (Fsp3) is 0.500. The highest BCUT2D eigenvalue weighted by molar-refractivity contribution is 5.92. The highest BCUT2D eigenvalue weighted by atomic mass is 16.5. The van der Waals surface area contributed by atoms with Crippen molar-refractivity contribution in [3.63, 3.8) is 0 Å². The summed E-state index contributed by atoms with van der Waals surface area (Å²) in [5.74, 6) is -0.109. The Hall–Kier alpha value is -2.38. The third-order valence-corrected chi connectivity index (χ3v) is 5.93. The Bertz CT molecular complexity index is 856. The van der Waals surface area contributed by atoms with Gasteiger partial charge in [-0.2, -0.15) is 5.10 Å². The maximum atomic E-state index is 12.7. The van der Waals surface area contributed by atoms with Crippen molar-refractivity contribution >= 4 is 11.6 Å². The zero-order chi connectivity index (χ0) is 18.3. The van der Waals surface area contributed by atoms with Crippen LogP contribution in [0.2, 0.25) is 0 Å². The zero-order valence-corrected chi connectivity index (χ0v) is 15.3. The smallest absolute Gasteiger partial charge is 0.272 e. The third kappa shape index (κ3) is 3.21. The van der Waals surface area contributed by atoms with Crippen LogP contribution >= 0.6 is 0 Å². The van der Waals surface area contributed by atoms with E-state index >= 15 is 0 Å². The number of ether oxygens (including phenoxy) is 1. The summed E-state index contributed by atoms with van der Waals surface area (Å²) in [5, 5.41) is 14.5. The van der Waals surface area contributed by atoms with Gasteiger partial charge in [0.2, 0.25) is 0 Å².